The lowest BCUT2D eigenvalue weighted by Gasteiger charge is -2.18. The third kappa shape index (κ3) is 6.21. The maximum atomic E-state index is 12.9. The van der Waals surface area contributed by atoms with E-state index in [-0.39, 0.29) is 23.9 Å². The molecule has 180 valence electrons. The Morgan fingerprint density at radius 3 is 2.11 bits per heavy atom. The van der Waals surface area contributed by atoms with Crippen LogP contribution >= 0.6 is 0 Å². The van der Waals surface area contributed by atoms with Gasteiger partial charge in [0.2, 0.25) is 5.91 Å². The maximum Gasteiger partial charge on any atom is 0.262 e. The zero-order valence-electron chi connectivity index (χ0n) is 19.0. The number of methoxy groups -OCH3 is 1. The molecule has 2 aromatic heterocycles. The number of para-hydroxylation sites is 2. The van der Waals surface area contributed by atoms with E-state index in [1.807, 2.05) is 0 Å². The Morgan fingerprint density at radius 2 is 1.54 bits per heavy atom. The standard InChI is InChI=1S/C26H24N2O6S/c1-32-25-9-3-2-8-24(25)27-35(30,31)23-13-10-20(11-14-23)12-15-26(29)28(18-21-6-4-16-33-21)19-22-7-5-17-34-22/h2-17,27H,18-19H2,1H3/b15-12+. The van der Waals surface area contributed by atoms with Gasteiger partial charge in [0, 0.05) is 6.08 Å². The van der Waals surface area contributed by atoms with Crippen LogP contribution in [0.25, 0.3) is 6.08 Å². The lowest BCUT2D eigenvalue weighted by molar-refractivity contribution is -0.127. The molecule has 4 aromatic rings. The van der Waals surface area contributed by atoms with Gasteiger partial charge in [0.15, 0.2) is 0 Å². The van der Waals surface area contributed by atoms with E-state index in [0.717, 1.165) is 0 Å². The highest BCUT2D eigenvalue weighted by Crippen LogP contribution is 2.26. The van der Waals surface area contributed by atoms with Crippen LogP contribution in [-0.2, 0) is 27.9 Å². The zero-order chi connectivity index (χ0) is 24.7. The normalized spacial score (nSPS) is 11.5. The summed E-state index contributed by atoms with van der Waals surface area (Å²) in [7, 11) is -2.34. The first-order valence-corrected chi connectivity index (χ1v) is 12.2. The molecule has 0 aliphatic rings. The van der Waals surface area contributed by atoms with Gasteiger partial charge < -0.3 is 18.5 Å². The summed E-state index contributed by atoms with van der Waals surface area (Å²) in [6.45, 7) is 0.561. The summed E-state index contributed by atoms with van der Waals surface area (Å²) < 4.78 is 44.0. The molecule has 1 N–H and O–H groups in total. The monoisotopic (exact) mass is 492 g/mol. The molecule has 0 bridgehead atoms. The second-order valence-corrected chi connectivity index (χ2v) is 9.24. The maximum absolute atomic E-state index is 12.9. The van der Waals surface area contributed by atoms with Gasteiger partial charge in [0.25, 0.3) is 10.0 Å². The summed E-state index contributed by atoms with van der Waals surface area (Å²) in [5.41, 5.74) is 1.02. The quantitative estimate of drug-likeness (QED) is 0.315. The molecule has 1 amide bonds. The number of hydrogen-bond acceptors (Lipinski definition) is 6. The molecule has 2 aromatic carbocycles. The first-order valence-electron chi connectivity index (χ1n) is 10.7. The van der Waals surface area contributed by atoms with Crippen molar-refractivity contribution in [1.29, 1.82) is 0 Å². The number of anilines is 1. The first-order chi connectivity index (χ1) is 16.9. The van der Waals surface area contributed by atoms with Crippen molar-refractivity contribution in [2.24, 2.45) is 0 Å². The summed E-state index contributed by atoms with van der Waals surface area (Å²) in [6, 6.07) is 20.1. The minimum absolute atomic E-state index is 0.0872. The van der Waals surface area contributed by atoms with E-state index in [0.29, 0.717) is 28.5 Å². The molecule has 35 heavy (non-hydrogen) atoms. The summed E-state index contributed by atoms with van der Waals surface area (Å²) in [5.74, 6) is 1.47. The van der Waals surface area contributed by atoms with Crippen LogP contribution in [0.4, 0.5) is 5.69 Å². The minimum Gasteiger partial charge on any atom is -0.495 e. The second kappa shape index (κ2) is 10.8. The molecule has 0 radical (unpaired) electrons. The molecule has 0 saturated heterocycles. The highest BCUT2D eigenvalue weighted by molar-refractivity contribution is 7.92. The molecule has 9 heteroatoms. The van der Waals surface area contributed by atoms with Crippen molar-refractivity contribution in [3.63, 3.8) is 0 Å². The number of ether oxygens (including phenoxy) is 1. The molecule has 0 unspecified atom stereocenters. The molecule has 0 aliphatic carbocycles. The van der Waals surface area contributed by atoms with Crippen LogP contribution in [0.2, 0.25) is 0 Å². The van der Waals surface area contributed by atoms with E-state index in [1.54, 1.807) is 84.2 Å². The molecule has 0 saturated carbocycles. The zero-order valence-corrected chi connectivity index (χ0v) is 19.8. The summed E-state index contributed by atoms with van der Waals surface area (Å²) in [6.07, 6.45) is 6.17. The third-order valence-corrected chi connectivity index (χ3v) is 6.51. The average Bonchev–Trinajstić information content (AvgIpc) is 3.57. The molecule has 4 rings (SSSR count). The first kappa shape index (κ1) is 23.9. The Morgan fingerprint density at radius 1 is 0.914 bits per heavy atom. The van der Waals surface area contributed by atoms with Gasteiger partial charge in [-0.05, 0) is 60.2 Å². The van der Waals surface area contributed by atoms with Crippen molar-refractivity contribution in [2.75, 3.05) is 11.8 Å². The summed E-state index contributed by atoms with van der Waals surface area (Å²) in [5, 5.41) is 0. The second-order valence-electron chi connectivity index (χ2n) is 7.56. The number of carbonyl (C=O) groups excluding carboxylic acids is 1. The van der Waals surface area contributed by atoms with E-state index in [2.05, 4.69) is 4.72 Å². The van der Waals surface area contributed by atoms with Crippen LogP contribution < -0.4 is 9.46 Å². The molecule has 8 nitrogen and oxygen atoms in total. The summed E-state index contributed by atoms with van der Waals surface area (Å²) >= 11 is 0. The Kier molecular flexibility index (Phi) is 7.37. The van der Waals surface area contributed by atoms with Gasteiger partial charge in [-0.15, -0.1) is 0 Å². The van der Waals surface area contributed by atoms with E-state index in [9.17, 15) is 13.2 Å². The fourth-order valence-corrected chi connectivity index (χ4v) is 4.43. The van der Waals surface area contributed by atoms with Crippen LogP contribution in [0.15, 0.2) is 105 Å². The number of carbonyl (C=O) groups is 1. The van der Waals surface area contributed by atoms with Crippen LogP contribution in [0.5, 0.6) is 5.75 Å². The molecule has 0 spiro atoms. The van der Waals surface area contributed by atoms with E-state index < -0.39 is 10.0 Å². The van der Waals surface area contributed by atoms with Crippen molar-refractivity contribution < 1.29 is 26.8 Å². The Balaban J connectivity index is 1.45. The van der Waals surface area contributed by atoms with E-state index in [1.165, 1.54) is 25.3 Å². The molecule has 0 aliphatic heterocycles. The molecule has 0 fully saturated rings. The number of furan rings is 2. The largest absolute Gasteiger partial charge is 0.495 e. The highest BCUT2D eigenvalue weighted by Gasteiger charge is 2.17. The number of nitrogens with one attached hydrogen (secondary N) is 1. The van der Waals surface area contributed by atoms with E-state index >= 15 is 0 Å². The van der Waals surface area contributed by atoms with Gasteiger partial charge in [0.1, 0.15) is 17.3 Å². The number of sulfonamides is 1. The predicted octanol–water partition coefficient (Wildman–Crippen LogP) is 4.92. The number of hydrogen-bond donors (Lipinski definition) is 1. The number of benzene rings is 2. The summed E-state index contributed by atoms with van der Waals surface area (Å²) in [4.78, 5) is 14.6. The topological polar surface area (TPSA) is 102 Å². The Bertz CT molecular complexity index is 1340. The Hall–Kier alpha value is -4.24. The molecular formula is C26H24N2O6S. The van der Waals surface area contributed by atoms with Crippen molar-refractivity contribution in [1.82, 2.24) is 4.90 Å². The van der Waals surface area contributed by atoms with Gasteiger partial charge in [-0.2, -0.15) is 0 Å². The van der Waals surface area contributed by atoms with Gasteiger partial charge in [0.05, 0.1) is 43.3 Å². The van der Waals surface area contributed by atoms with Crippen LogP contribution in [0.3, 0.4) is 0 Å². The van der Waals surface area contributed by atoms with Crippen LogP contribution in [0.1, 0.15) is 17.1 Å². The number of amides is 1. The van der Waals surface area contributed by atoms with E-state index in [4.69, 9.17) is 13.6 Å². The third-order valence-electron chi connectivity index (χ3n) is 5.13. The lowest BCUT2D eigenvalue weighted by atomic mass is 10.2. The van der Waals surface area contributed by atoms with Gasteiger partial charge in [-0.1, -0.05) is 24.3 Å². The minimum atomic E-state index is -3.82. The van der Waals surface area contributed by atoms with Crippen molar-refractivity contribution in [3.8, 4) is 5.75 Å². The lowest BCUT2D eigenvalue weighted by Crippen LogP contribution is -2.28. The van der Waals surface area contributed by atoms with Crippen molar-refractivity contribution in [2.45, 2.75) is 18.0 Å². The smallest absolute Gasteiger partial charge is 0.262 e. The van der Waals surface area contributed by atoms with Crippen molar-refractivity contribution in [3.05, 3.63) is 108 Å². The van der Waals surface area contributed by atoms with Crippen molar-refractivity contribution >= 4 is 27.7 Å². The SMILES string of the molecule is COc1ccccc1NS(=O)(=O)c1ccc(/C=C/C(=O)N(Cc2ccco2)Cc2ccco2)cc1. The van der Waals surface area contributed by atoms with Crippen LogP contribution in [0, 0.1) is 0 Å². The predicted molar refractivity (Wildman–Crippen MR) is 131 cm³/mol. The molecule has 2 heterocycles. The fourth-order valence-electron chi connectivity index (χ4n) is 3.36. The van der Waals surface area contributed by atoms with Crippen LogP contribution in [-0.4, -0.2) is 26.3 Å². The number of rotatable bonds is 10. The number of nitrogens with zero attached hydrogens (tertiary/aromatic N) is 1. The van der Waals surface area contributed by atoms with Gasteiger partial charge >= 0.3 is 0 Å². The molecule has 0 atom stereocenters. The molecular weight excluding hydrogens is 468 g/mol. The van der Waals surface area contributed by atoms with Gasteiger partial charge in [-0.25, -0.2) is 8.42 Å². The Labute approximate surface area is 203 Å². The highest BCUT2D eigenvalue weighted by atomic mass is 32.2. The van der Waals surface area contributed by atoms with Gasteiger partial charge in [-0.3, -0.25) is 9.52 Å². The fraction of sp³-hybridized carbons (Fsp3) is 0.115. The average molecular weight is 493 g/mol.